The largest absolute Gasteiger partial charge is 0.356 e. The molecule has 2 rings (SSSR count). The second-order valence-electron chi connectivity index (χ2n) is 4.90. The van der Waals surface area contributed by atoms with Crippen molar-refractivity contribution in [1.29, 1.82) is 0 Å². The van der Waals surface area contributed by atoms with Gasteiger partial charge in [-0.1, -0.05) is 0 Å². The summed E-state index contributed by atoms with van der Waals surface area (Å²) in [6.07, 6.45) is 7.29. The molecule has 15 heavy (non-hydrogen) atoms. The Balaban J connectivity index is 1.48. The molecule has 1 heterocycles. The minimum absolute atomic E-state index is 0.292. The fourth-order valence-electron chi connectivity index (χ4n) is 2.26. The third-order valence-corrected chi connectivity index (χ3v) is 3.50. The van der Waals surface area contributed by atoms with Crippen molar-refractivity contribution < 1.29 is 4.79 Å². The first kappa shape index (κ1) is 10.9. The van der Waals surface area contributed by atoms with Crippen molar-refractivity contribution in [3.63, 3.8) is 0 Å². The van der Waals surface area contributed by atoms with E-state index >= 15 is 0 Å². The zero-order chi connectivity index (χ0) is 10.5. The third kappa shape index (κ3) is 3.82. The van der Waals surface area contributed by atoms with Gasteiger partial charge in [0.05, 0.1) is 0 Å². The average molecular weight is 210 g/mol. The molecular formula is C12H22N2O. The Bertz CT molecular complexity index is 208. The number of nitrogens with one attached hydrogen (secondary N) is 2. The molecule has 1 aliphatic heterocycles. The van der Waals surface area contributed by atoms with Crippen molar-refractivity contribution in [1.82, 2.24) is 10.6 Å². The second kappa shape index (κ2) is 5.50. The minimum Gasteiger partial charge on any atom is -0.356 e. The zero-order valence-corrected chi connectivity index (χ0v) is 9.43. The van der Waals surface area contributed by atoms with Crippen molar-refractivity contribution in [2.45, 2.75) is 38.5 Å². The van der Waals surface area contributed by atoms with Gasteiger partial charge >= 0.3 is 0 Å². The Morgan fingerprint density at radius 3 is 2.60 bits per heavy atom. The van der Waals surface area contributed by atoms with Gasteiger partial charge in [-0.05, 0) is 57.5 Å². The van der Waals surface area contributed by atoms with E-state index < -0.39 is 0 Å². The van der Waals surface area contributed by atoms with Gasteiger partial charge in [-0.25, -0.2) is 0 Å². The fraction of sp³-hybridized carbons (Fsp3) is 0.917. The van der Waals surface area contributed by atoms with Gasteiger partial charge in [-0.15, -0.1) is 0 Å². The molecule has 0 unspecified atom stereocenters. The quantitative estimate of drug-likeness (QED) is 0.671. The molecule has 0 aromatic rings. The van der Waals surface area contributed by atoms with Crippen LogP contribution in [0.4, 0.5) is 0 Å². The van der Waals surface area contributed by atoms with Crippen LogP contribution in [0.2, 0.25) is 0 Å². The lowest BCUT2D eigenvalue weighted by Crippen LogP contribution is -2.29. The Kier molecular flexibility index (Phi) is 4.01. The first-order chi connectivity index (χ1) is 7.36. The highest BCUT2D eigenvalue weighted by Gasteiger charge is 2.28. The van der Waals surface area contributed by atoms with E-state index in [2.05, 4.69) is 10.6 Å². The highest BCUT2D eigenvalue weighted by molar-refractivity contribution is 5.80. The van der Waals surface area contributed by atoms with Crippen LogP contribution in [-0.2, 0) is 4.79 Å². The van der Waals surface area contributed by atoms with Gasteiger partial charge in [-0.3, -0.25) is 4.79 Å². The van der Waals surface area contributed by atoms with Crippen LogP contribution >= 0.6 is 0 Å². The Labute approximate surface area is 92.0 Å². The molecule has 1 aliphatic carbocycles. The maximum absolute atomic E-state index is 11.3. The summed E-state index contributed by atoms with van der Waals surface area (Å²) in [4.78, 5) is 11.3. The summed E-state index contributed by atoms with van der Waals surface area (Å²) in [6, 6.07) is 0. The summed E-state index contributed by atoms with van der Waals surface area (Å²) in [6.45, 7) is 3.25. The molecule has 0 aromatic heterocycles. The summed E-state index contributed by atoms with van der Waals surface area (Å²) in [5.41, 5.74) is 0. The van der Waals surface area contributed by atoms with E-state index in [9.17, 15) is 4.79 Å². The molecule has 3 nitrogen and oxygen atoms in total. The lowest BCUT2D eigenvalue weighted by molar-refractivity contribution is -0.122. The summed E-state index contributed by atoms with van der Waals surface area (Å²) in [5.74, 6) is 1.55. The molecule has 2 aliphatic rings. The second-order valence-corrected chi connectivity index (χ2v) is 4.90. The average Bonchev–Trinajstić information content (AvgIpc) is 3.09. The molecule has 2 N–H and O–H groups in total. The van der Waals surface area contributed by atoms with Crippen LogP contribution in [0.3, 0.4) is 0 Å². The summed E-state index contributed by atoms with van der Waals surface area (Å²) < 4.78 is 0. The van der Waals surface area contributed by atoms with E-state index in [1.54, 1.807) is 0 Å². The maximum atomic E-state index is 11.3. The van der Waals surface area contributed by atoms with Crippen LogP contribution in [0.1, 0.15) is 38.5 Å². The van der Waals surface area contributed by atoms with Crippen molar-refractivity contribution in [2.24, 2.45) is 11.8 Å². The van der Waals surface area contributed by atoms with Gasteiger partial charge in [0.25, 0.3) is 0 Å². The van der Waals surface area contributed by atoms with Gasteiger partial charge in [-0.2, -0.15) is 0 Å². The van der Waals surface area contributed by atoms with Crippen LogP contribution in [0.5, 0.6) is 0 Å². The van der Waals surface area contributed by atoms with Crippen molar-refractivity contribution >= 4 is 5.91 Å². The summed E-state index contributed by atoms with van der Waals surface area (Å²) in [7, 11) is 0. The number of hydrogen-bond donors (Lipinski definition) is 2. The van der Waals surface area contributed by atoms with Gasteiger partial charge < -0.3 is 10.6 Å². The number of carbonyl (C=O) groups is 1. The smallest absolute Gasteiger partial charge is 0.223 e. The Morgan fingerprint density at radius 2 is 1.93 bits per heavy atom. The van der Waals surface area contributed by atoms with E-state index in [0.29, 0.717) is 11.8 Å². The van der Waals surface area contributed by atoms with E-state index in [-0.39, 0.29) is 0 Å². The molecule has 0 radical (unpaired) electrons. The lowest BCUT2D eigenvalue weighted by Gasteiger charge is -2.22. The molecular weight excluding hydrogens is 188 g/mol. The van der Waals surface area contributed by atoms with E-state index in [1.165, 1.54) is 32.4 Å². The van der Waals surface area contributed by atoms with Crippen LogP contribution < -0.4 is 10.6 Å². The Hall–Kier alpha value is -0.570. The zero-order valence-electron chi connectivity index (χ0n) is 9.43. The van der Waals surface area contributed by atoms with Crippen LogP contribution in [0.15, 0.2) is 0 Å². The van der Waals surface area contributed by atoms with E-state index in [0.717, 1.165) is 31.7 Å². The van der Waals surface area contributed by atoms with Crippen molar-refractivity contribution in [3.8, 4) is 0 Å². The fourth-order valence-corrected chi connectivity index (χ4v) is 2.26. The molecule has 1 saturated carbocycles. The molecule has 86 valence electrons. The highest BCUT2D eigenvalue weighted by Crippen LogP contribution is 2.28. The summed E-state index contributed by atoms with van der Waals surface area (Å²) >= 11 is 0. The predicted molar refractivity (Wildman–Crippen MR) is 60.6 cm³/mol. The van der Waals surface area contributed by atoms with Crippen molar-refractivity contribution in [2.75, 3.05) is 19.6 Å². The normalized spacial score (nSPS) is 22.7. The molecule has 1 amide bonds. The van der Waals surface area contributed by atoms with Crippen molar-refractivity contribution in [3.05, 3.63) is 0 Å². The third-order valence-electron chi connectivity index (χ3n) is 3.50. The molecule has 0 bridgehead atoms. The van der Waals surface area contributed by atoms with Gasteiger partial charge in [0.1, 0.15) is 0 Å². The number of hydrogen-bond acceptors (Lipinski definition) is 2. The molecule has 0 aromatic carbocycles. The van der Waals surface area contributed by atoms with Gasteiger partial charge in [0.15, 0.2) is 0 Å². The standard InChI is InChI=1S/C12H22N2O/c15-12(11-3-4-11)14-7-1-2-10-5-8-13-9-6-10/h10-11,13H,1-9H2,(H,14,15). The summed E-state index contributed by atoms with van der Waals surface area (Å²) in [5, 5.41) is 6.41. The Morgan fingerprint density at radius 1 is 1.20 bits per heavy atom. The maximum Gasteiger partial charge on any atom is 0.223 e. The molecule has 0 atom stereocenters. The molecule has 3 heteroatoms. The monoisotopic (exact) mass is 210 g/mol. The lowest BCUT2D eigenvalue weighted by atomic mass is 9.93. The topological polar surface area (TPSA) is 41.1 Å². The predicted octanol–water partition coefficient (Wildman–Crippen LogP) is 1.29. The highest BCUT2D eigenvalue weighted by atomic mass is 16.2. The van der Waals surface area contributed by atoms with Crippen LogP contribution in [0, 0.1) is 11.8 Å². The number of piperidine rings is 1. The first-order valence-corrected chi connectivity index (χ1v) is 6.34. The van der Waals surface area contributed by atoms with Crippen LogP contribution in [-0.4, -0.2) is 25.5 Å². The number of rotatable bonds is 5. The van der Waals surface area contributed by atoms with E-state index in [1.807, 2.05) is 0 Å². The molecule has 1 saturated heterocycles. The van der Waals surface area contributed by atoms with Crippen LogP contribution in [0.25, 0.3) is 0 Å². The SMILES string of the molecule is O=C(NCCCC1CCNCC1)C1CC1. The van der Waals surface area contributed by atoms with Gasteiger partial charge in [0.2, 0.25) is 5.91 Å². The van der Waals surface area contributed by atoms with E-state index in [4.69, 9.17) is 0 Å². The first-order valence-electron chi connectivity index (χ1n) is 6.34. The number of carbonyl (C=O) groups excluding carboxylic acids is 1. The van der Waals surface area contributed by atoms with Gasteiger partial charge in [0, 0.05) is 12.5 Å². The molecule has 2 fully saturated rings. The minimum atomic E-state index is 0.292. The molecule has 0 spiro atoms. The number of amides is 1.